The minimum Gasteiger partial charge on any atom is -0.449 e. The first kappa shape index (κ1) is 18.8. The highest BCUT2D eigenvalue weighted by atomic mass is 16.5. The molecule has 0 aliphatic heterocycles. The lowest BCUT2D eigenvalue weighted by Crippen LogP contribution is -2.43. The number of hydrogen-bond acceptors (Lipinski definition) is 5. The first-order chi connectivity index (χ1) is 13.0. The zero-order chi connectivity index (χ0) is 19.4. The molecule has 1 aliphatic rings. The van der Waals surface area contributed by atoms with Crippen LogP contribution in [0.5, 0.6) is 0 Å². The normalized spacial score (nSPS) is 14.6. The van der Waals surface area contributed by atoms with Crippen molar-refractivity contribution in [2.45, 2.75) is 45.1 Å². The molecular weight excluding hydrogens is 346 g/mol. The van der Waals surface area contributed by atoms with Gasteiger partial charge in [0.15, 0.2) is 6.10 Å². The molecule has 7 heteroatoms. The molecule has 0 bridgehead atoms. The van der Waals surface area contributed by atoms with E-state index >= 15 is 0 Å². The molecule has 0 spiro atoms. The molecule has 3 rings (SSSR count). The highest BCUT2D eigenvalue weighted by Crippen LogP contribution is 2.29. The fourth-order valence-corrected chi connectivity index (χ4v) is 3.33. The van der Waals surface area contributed by atoms with Crippen LogP contribution in [0.1, 0.15) is 47.8 Å². The van der Waals surface area contributed by atoms with Gasteiger partial charge in [-0.1, -0.05) is 24.6 Å². The number of aryl methyl sites for hydroxylation is 1. The third-order valence-electron chi connectivity index (χ3n) is 4.74. The second-order valence-electron chi connectivity index (χ2n) is 6.61. The predicted octanol–water partition coefficient (Wildman–Crippen LogP) is 2.50. The molecule has 7 nitrogen and oxygen atoms in total. The number of nitrogens with zero attached hydrogens (tertiary/aromatic N) is 1. The van der Waals surface area contributed by atoms with Crippen molar-refractivity contribution in [2.24, 2.45) is 0 Å². The van der Waals surface area contributed by atoms with Gasteiger partial charge in [0.05, 0.1) is 11.1 Å². The van der Waals surface area contributed by atoms with E-state index in [1.54, 1.807) is 0 Å². The van der Waals surface area contributed by atoms with Crippen LogP contribution in [0.15, 0.2) is 24.3 Å². The van der Waals surface area contributed by atoms with Gasteiger partial charge in [-0.2, -0.15) is 0 Å². The van der Waals surface area contributed by atoms with Crippen molar-refractivity contribution in [1.82, 2.24) is 15.6 Å². The van der Waals surface area contributed by atoms with Crippen LogP contribution in [-0.4, -0.2) is 36.0 Å². The minimum absolute atomic E-state index is 0.483. The van der Waals surface area contributed by atoms with E-state index < -0.39 is 24.0 Å². The maximum Gasteiger partial charge on any atom is 0.339 e. The van der Waals surface area contributed by atoms with Gasteiger partial charge in [-0.05, 0) is 44.2 Å². The SMILES string of the molecule is CNC(=O)NC(=O)[C@@H](C)OC(=O)c1c2c(nc3ccccc13)CCCCC2. The Hall–Kier alpha value is -2.96. The molecule has 0 unspecified atom stereocenters. The molecule has 1 atom stereocenters. The lowest BCUT2D eigenvalue weighted by Gasteiger charge is -2.17. The van der Waals surface area contributed by atoms with Crippen LogP contribution in [-0.2, 0) is 22.4 Å². The number of pyridine rings is 1. The molecule has 0 saturated carbocycles. The van der Waals surface area contributed by atoms with Crippen LogP contribution in [0.3, 0.4) is 0 Å². The molecule has 1 aromatic heterocycles. The van der Waals surface area contributed by atoms with Gasteiger partial charge >= 0.3 is 12.0 Å². The summed E-state index contributed by atoms with van der Waals surface area (Å²) in [6.45, 7) is 1.44. The van der Waals surface area contributed by atoms with Crippen molar-refractivity contribution < 1.29 is 19.1 Å². The third-order valence-corrected chi connectivity index (χ3v) is 4.74. The molecule has 2 aromatic rings. The fourth-order valence-electron chi connectivity index (χ4n) is 3.33. The zero-order valence-electron chi connectivity index (χ0n) is 15.5. The van der Waals surface area contributed by atoms with E-state index in [4.69, 9.17) is 9.72 Å². The number of rotatable bonds is 3. The molecule has 2 N–H and O–H groups in total. The van der Waals surface area contributed by atoms with Crippen LogP contribution in [0, 0.1) is 0 Å². The number of ether oxygens (including phenoxy) is 1. The van der Waals surface area contributed by atoms with Gasteiger partial charge in [-0.25, -0.2) is 9.59 Å². The molecule has 142 valence electrons. The standard InChI is InChI=1S/C20H23N3O4/c1-12(18(24)23-20(26)21-2)27-19(25)17-13-8-4-3-5-10-15(13)22-16-11-7-6-9-14(16)17/h6-7,9,11-12H,3-5,8,10H2,1-2H3,(H2,21,23,24,26)/t12-/m1/s1. The topological polar surface area (TPSA) is 97.4 Å². The number of para-hydroxylation sites is 1. The van der Waals surface area contributed by atoms with Gasteiger partial charge in [0.2, 0.25) is 0 Å². The van der Waals surface area contributed by atoms with Crippen LogP contribution >= 0.6 is 0 Å². The highest BCUT2D eigenvalue weighted by Gasteiger charge is 2.26. The van der Waals surface area contributed by atoms with Crippen molar-refractivity contribution in [3.63, 3.8) is 0 Å². The predicted molar refractivity (Wildman–Crippen MR) is 100 cm³/mol. The molecule has 3 amide bonds. The smallest absolute Gasteiger partial charge is 0.339 e. The van der Waals surface area contributed by atoms with Crippen LogP contribution in [0.25, 0.3) is 10.9 Å². The summed E-state index contributed by atoms with van der Waals surface area (Å²) < 4.78 is 5.40. The molecule has 0 saturated heterocycles. The summed E-state index contributed by atoms with van der Waals surface area (Å²) in [4.78, 5) is 41.0. The quantitative estimate of drug-likeness (QED) is 0.640. The number of imide groups is 1. The Morgan fingerprint density at radius 2 is 1.85 bits per heavy atom. The molecule has 1 aromatic carbocycles. The van der Waals surface area contributed by atoms with Crippen molar-refractivity contribution in [3.8, 4) is 0 Å². The van der Waals surface area contributed by atoms with Crippen molar-refractivity contribution in [1.29, 1.82) is 0 Å². The summed E-state index contributed by atoms with van der Waals surface area (Å²) in [5.41, 5.74) is 3.07. The number of urea groups is 1. The Labute approximate surface area is 157 Å². The first-order valence-corrected chi connectivity index (χ1v) is 9.15. The van der Waals surface area contributed by atoms with Gasteiger partial charge in [0, 0.05) is 18.1 Å². The second-order valence-corrected chi connectivity index (χ2v) is 6.61. The number of fused-ring (bicyclic) bond motifs is 2. The molecule has 1 aliphatic carbocycles. The average Bonchev–Trinajstić information content (AvgIpc) is 2.90. The van der Waals surface area contributed by atoms with Gasteiger partial charge in [-0.15, -0.1) is 0 Å². The Kier molecular flexibility index (Phi) is 5.69. The fraction of sp³-hybridized carbons (Fsp3) is 0.400. The van der Waals surface area contributed by atoms with E-state index in [1.807, 2.05) is 24.3 Å². The van der Waals surface area contributed by atoms with Gasteiger partial charge in [0.25, 0.3) is 5.91 Å². The number of benzene rings is 1. The number of esters is 1. The molecule has 1 heterocycles. The summed E-state index contributed by atoms with van der Waals surface area (Å²) in [6.07, 6.45) is 3.61. The first-order valence-electron chi connectivity index (χ1n) is 9.15. The maximum atomic E-state index is 13.0. The number of hydrogen-bond donors (Lipinski definition) is 2. The van der Waals surface area contributed by atoms with Crippen LogP contribution in [0.2, 0.25) is 0 Å². The Morgan fingerprint density at radius 1 is 1.11 bits per heavy atom. The van der Waals surface area contributed by atoms with E-state index in [0.29, 0.717) is 5.56 Å². The van der Waals surface area contributed by atoms with E-state index in [0.717, 1.165) is 54.3 Å². The number of nitrogens with one attached hydrogen (secondary N) is 2. The number of carbonyl (C=O) groups excluding carboxylic acids is 3. The Morgan fingerprint density at radius 3 is 2.63 bits per heavy atom. The summed E-state index contributed by atoms with van der Waals surface area (Å²) >= 11 is 0. The van der Waals surface area contributed by atoms with Crippen molar-refractivity contribution in [3.05, 3.63) is 41.1 Å². The minimum atomic E-state index is -1.09. The monoisotopic (exact) mass is 369 g/mol. The summed E-state index contributed by atoms with van der Waals surface area (Å²) in [5.74, 6) is -1.24. The number of carbonyl (C=O) groups is 3. The Bertz CT molecular complexity index is 894. The van der Waals surface area contributed by atoms with Gasteiger partial charge in [0.1, 0.15) is 0 Å². The Balaban J connectivity index is 1.95. The molecule has 0 radical (unpaired) electrons. The van der Waals surface area contributed by atoms with E-state index in [2.05, 4.69) is 10.6 Å². The maximum absolute atomic E-state index is 13.0. The largest absolute Gasteiger partial charge is 0.449 e. The number of aromatic nitrogens is 1. The summed E-state index contributed by atoms with van der Waals surface area (Å²) in [6, 6.07) is 6.81. The average molecular weight is 369 g/mol. The second kappa shape index (κ2) is 8.16. The van der Waals surface area contributed by atoms with Crippen molar-refractivity contribution >= 4 is 28.8 Å². The lowest BCUT2D eigenvalue weighted by molar-refractivity contribution is -0.127. The van der Waals surface area contributed by atoms with Gasteiger partial charge in [-0.3, -0.25) is 15.1 Å². The van der Waals surface area contributed by atoms with Crippen molar-refractivity contribution in [2.75, 3.05) is 7.05 Å². The lowest BCUT2D eigenvalue weighted by atomic mass is 9.97. The van der Waals surface area contributed by atoms with Crippen LogP contribution in [0.4, 0.5) is 4.79 Å². The van der Waals surface area contributed by atoms with E-state index in [9.17, 15) is 14.4 Å². The molecule has 0 fully saturated rings. The zero-order valence-corrected chi connectivity index (χ0v) is 15.5. The van der Waals surface area contributed by atoms with Crippen LogP contribution < -0.4 is 10.6 Å². The van der Waals surface area contributed by atoms with E-state index in [1.165, 1.54) is 14.0 Å². The molecular formula is C20H23N3O4. The summed E-state index contributed by atoms with van der Waals surface area (Å²) in [7, 11) is 1.40. The third kappa shape index (κ3) is 4.07. The van der Waals surface area contributed by atoms with Gasteiger partial charge < -0.3 is 10.1 Å². The van der Waals surface area contributed by atoms with E-state index in [-0.39, 0.29) is 0 Å². The highest BCUT2D eigenvalue weighted by molar-refractivity contribution is 6.06. The summed E-state index contributed by atoms with van der Waals surface area (Å²) in [5, 5.41) is 5.13. The molecule has 27 heavy (non-hydrogen) atoms. The number of amides is 3.